The van der Waals surface area contributed by atoms with Crippen LogP contribution in [0.5, 0.6) is 0 Å². The Morgan fingerprint density at radius 2 is 1.62 bits per heavy atom. The molecular weight excluding hydrogens is 456 g/mol. The summed E-state index contributed by atoms with van der Waals surface area (Å²) in [6, 6.07) is 15.2. The van der Waals surface area contributed by atoms with Gasteiger partial charge in [-0.25, -0.2) is 0 Å². The molecule has 3 aromatic rings. The predicted molar refractivity (Wildman–Crippen MR) is 149 cm³/mol. The summed E-state index contributed by atoms with van der Waals surface area (Å²) in [5.74, 6) is 0. The van der Waals surface area contributed by atoms with Gasteiger partial charge in [0.2, 0.25) is 0 Å². The maximum Gasteiger partial charge on any atom is 0.168 e. The molecule has 0 radical (unpaired) electrons. The van der Waals surface area contributed by atoms with Crippen molar-refractivity contribution in [3.05, 3.63) is 64.3 Å². The Bertz CT molecular complexity index is 1120. The maximum absolute atomic E-state index is 6.56. The molecule has 1 aliphatic rings. The Balaban J connectivity index is 1.75. The third-order valence-corrected chi connectivity index (χ3v) is 9.09. The number of hydrogen-bond acceptors (Lipinski definition) is 2. The van der Waals surface area contributed by atoms with Gasteiger partial charge < -0.3 is 13.9 Å². The molecule has 1 aromatic heterocycles. The van der Waals surface area contributed by atoms with Gasteiger partial charge in [-0.3, -0.25) is 0 Å². The number of piperidine rings is 1. The molecule has 5 heteroatoms. The average Bonchev–Trinajstić information content (AvgIpc) is 3.08. The smallest absolute Gasteiger partial charge is 0.168 e. The molecular formula is C29H41ClN2OSi. The van der Waals surface area contributed by atoms with Crippen LogP contribution in [0.4, 0.5) is 0 Å². The zero-order valence-corrected chi connectivity index (χ0v) is 24.0. The highest BCUT2D eigenvalue weighted by Gasteiger charge is 2.26. The first-order valence-corrected chi connectivity index (χ1v) is 14.5. The number of fused-ring (bicyclic) bond motifs is 1. The largest absolute Gasteiger partial charge is 0.415 e. The summed E-state index contributed by atoms with van der Waals surface area (Å²) in [5, 5.41) is 2.39. The van der Waals surface area contributed by atoms with E-state index in [1.54, 1.807) is 0 Å². The molecule has 2 heterocycles. The number of halogens is 1. The average molecular weight is 497 g/mol. The first-order chi connectivity index (χ1) is 16.0. The van der Waals surface area contributed by atoms with Crippen molar-refractivity contribution >= 4 is 32.3 Å². The fourth-order valence-corrected chi connectivity index (χ4v) is 6.12. The van der Waals surface area contributed by atoms with Crippen molar-refractivity contribution in [1.29, 1.82) is 0 Å². The van der Waals surface area contributed by atoms with Crippen LogP contribution in [-0.4, -0.2) is 38.9 Å². The van der Waals surface area contributed by atoms with Crippen LogP contribution in [0.3, 0.4) is 0 Å². The van der Waals surface area contributed by atoms with Crippen molar-refractivity contribution in [3.8, 4) is 5.69 Å². The minimum atomic E-state index is -0.664. The highest BCUT2D eigenvalue weighted by atomic mass is 35.5. The van der Waals surface area contributed by atoms with Crippen molar-refractivity contribution in [2.24, 2.45) is 0 Å². The molecule has 0 atom stereocenters. The van der Waals surface area contributed by atoms with Gasteiger partial charge in [0.15, 0.2) is 9.76 Å². The van der Waals surface area contributed by atoms with Crippen LogP contribution < -0.4 is 0 Å². The first-order valence-electron chi connectivity index (χ1n) is 12.8. The van der Waals surface area contributed by atoms with Crippen LogP contribution in [0, 0.1) is 6.92 Å². The second-order valence-electron chi connectivity index (χ2n) is 11.6. The monoisotopic (exact) mass is 496 g/mol. The van der Waals surface area contributed by atoms with E-state index in [4.69, 9.17) is 16.0 Å². The molecule has 0 bridgehead atoms. The van der Waals surface area contributed by atoms with Crippen LogP contribution in [0.15, 0.2) is 42.5 Å². The van der Waals surface area contributed by atoms with Gasteiger partial charge in [0.05, 0.1) is 11.1 Å². The molecule has 184 valence electrons. The normalized spacial score (nSPS) is 16.2. The van der Waals surface area contributed by atoms with E-state index in [-0.39, 0.29) is 10.6 Å². The fraction of sp³-hybridized carbons (Fsp3) is 0.517. The molecule has 1 aliphatic heterocycles. The minimum absolute atomic E-state index is 0.267. The number of hydrogen-bond donors (Lipinski definition) is 0. The quantitative estimate of drug-likeness (QED) is 0.322. The zero-order chi connectivity index (χ0) is 24.5. The summed E-state index contributed by atoms with van der Waals surface area (Å²) in [5.41, 5.74) is 6.16. The molecule has 0 unspecified atom stereocenters. The second kappa shape index (κ2) is 10.2. The summed E-state index contributed by atoms with van der Waals surface area (Å²) >= 11 is 6.23. The number of benzene rings is 2. The van der Waals surface area contributed by atoms with Crippen LogP contribution in [-0.2, 0) is 16.4 Å². The van der Waals surface area contributed by atoms with Crippen LogP contribution in [0.1, 0.15) is 70.7 Å². The number of nitrogens with zero attached hydrogens (tertiary/aromatic N) is 2. The Hall–Kier alpha value is -1.59. The van der Waals surface area contributed by atoms with Gasteiger partial charge >= 0.3 is 0 Å². The molecule has 34 heavy (non-hydrogen) atoms. The number of rotatable bonds is 7. The van der Waals surface area contributed by atoms with Crippen LogP contribution in [0.25, 0.3) is 16.6 Å². The van der Waals surface area contributed by atoms with E-state index >= 15 is 0 Å². The van der Waals surface area contributed by atoms with Crippen LogP contribution >= 0.6 is 11.6 Å². The molecule has 0 aliphatic carbocycles. The summed E-state index contributed by atoms with van der Waals surface area (Å²) in [4.78, 5) is 2.64. The van der Waals surface area contributed by atoms with E-state index in [2.05, 4.69) is 81.3 Å². The lowest BCUT2D eigenvalue weighted by atomic mass is 9.96. The zero-order valence-electron chi connectivity index (χ0n) is 21.9. The highest BCUT2D eigenvalue weighted by Crippen LogP contribution is 2.35. The highest BCUT2D eigenvalue weighted by molar-refractivity contribution is 6.31. The van der Waals surface area contributed by atoms with Gasteiger partial charge in [0.25, 0.3) is 0 Å². The van der Waals surface area contributed by atoms with E-state index in [0.29, 0.717) is 0 Å². The fourth-order valence-electron chi connectivity index (χ4n) is 5.03. The van der Waals surface area contributed by atoms with Crippen molar-refractivity contribution in [2.45, 2.75) is 77.9 Å². The summed E-state index contributed by atoms with van der Waals surface area (Å²) < 4.78 is 8.97. The Morgan fingerprint density at radius 3 is 2.26 bits per heavy atom. The molecule has 1 fully saturated rings. The summed E-state index contributed by atoms with van der Waals surface area (Å²) in [6.45, 7) is 17.2. The number of likely N-dealkylation sites (tertiary alicyclic amines) is 1. The Morgan fingerprint density at radius 1 is 0.941 bits per heavy atom. The Kier molecular flexibility index (Phi) is 7.63. The topological polar surface area (TPSA) is 17.4 Å². The lowest BCUT2D eigenvalue weighted by Gasteiger charge is -2.30. The summed E-state index contributed by atoms with van der Waals surface area (Å²) in [6.07, 6.45) is 5.13. The van der Waals surface area contributed by atoms with Crippen molar-refractivity contribution in [2.75, 3.05) is 19.6 Å². The SMILES string of the molecule is Cc1c(CCN2CCCCC2)c2ccc(C(C)(C)O[SiH2]C(C)(C)C)cc2n1-c1ccc(Cl)cc1. The summed E-state index contributed by atoms with van der Waals surface area (Å²) in [7, 11) is -0.664. The van der Waals surface area contributed by atoms with E-state index in [1.807, 2.05) is 12.1 Å². The van der Waals surface area contributed by atoms with E-state index in [0.717, 1.165) is 23.7 Å². The molecule has 3 nitrogen and oxygen atoms in total. The van der Waals surface area contributed by atoms with Crippen molar-refractivity contribution in [1.82, 2.24) is 9.47 Å². The lowest BCUT2D eigenvalue weighted by molar-refractivity contribution is 0.109. The molecule has 0 spiro atoms. The second-order valence-corrected chi connectivity index (χ2v) is 14.8. The predicted octanol–water partition coefficient (Wildman–Crippen LogP) is 7.17. The van der Waals surface area contributed by atoms with Crippen molar-refractivity contribution in [3.63, 3.8) is 0 Å². The Labute approximate surface area is 213 Å². The van der Waals surface area contributed by atoms with Crippen molar-refractivity contribution < 1.29 is 4.43 Å². The van der Waals surface area contributed by atoms with Gasteiger partial charge in [0.1, 0.15) is 0 Å². The van der Waals surface area contributed by atoms with Gasteiger partial charge in [-0.05, 0) is 99.6 Å². The molecule has 4 rings (SSSR count). The molecule has 0 amide bonds. The maximum atomic E-state index is 6.56. The third-order valence-electron chi connectivity index (χ3n) is 7.11. The third kappa shape index (κ3) is 5.79. The van der Waals surface area contributed by atoms with Gasteiger partial charge in [0, 0.05) is 28.3 Å². The lowest BCUT2D eigenvalue weighted by Crippen LogP contribution is -2.31. The van der Waals surface area contributed by atoms with Gasteiger partial charge in [-0.1, -0.05) is 50.9 Å². The molecule has 1 saturated heterocycles. The standard InChI is InChI=1S/C29H41ClN2OSi/c1-21-25(16-19-31-17-8-7-9-18-31)26-15-10-22(29(5,6)33-34-28(2,3)4)20-27(26)32(21)24-13-11-23(30)12-14-24/h10-15,20H,7-9,16-19,34H2,1-6H3. The minimum Gasteiger partial charge on any atom is -0.415 e. The van der Waals surface area contributed by atoms with E-state index < -0.39 is 9.76 Å². The van der Waals surface area contributed by atoms with Gasteiger partial charge in [-0.2, -0.15) is 0 Å². The first kappa shape index (κ1) is 25.5. The van der Waals surface area contributed by atoms with E-state index in [1.165, 1.54) is 60.1 Å². The molecule has 0 saturated carbocycles. The number of aromatic nitrogens is 1. The molecule has 2 aromatic carbocycles. The van der Waals surface area contributed by atoms with Crippen LogP contribution in [0.2, 0.25) is 10.1 Å². The van der Waals surface area contributed by atoms with E-state index in [9.17, 15) is 0 Å². The van der Waals surface area contributed by atoms with Gasteiger partial charge in [-0.15, -0.1) is 0 Å². The molecule has 0 N–H and O–H groups in total.